The summed E-state index contributed by atoms with van der Waals surface area (Å²) in [6.07, 6.45) is 7.40. The van der Waals surface area contributed by atoms with Gasteiger partial charge < -0.3 is 15.0 Å². The van der Waals surface area contributed by atoms with Crippen molar-refractivity contribution in [3.05, 3.63) is 23.9 Å². The van der Waals surface area contributed by atoms with Crippen LogP contribution in [0.3, 0.4) is 0 Å². The van der Waals surface area contributed by atoms with Crippen molar-refractivity contribution in [3.63, 3.8) is 0 Å². The fraction of sp³-hybridized carbons (Fsp3) is 0.625. The lowest BCUT2D eigenvalue weighted by molar-refractivity contribution is 0.0559. The number of rotatable bonds is 3. The van der Waals surface area contributed by atoms with Crippen LogP contribution in [0.15, 0.2) is 18.3 Å². The maximum absolute atomic E-state index is 12.9. The number of methoxy groups -OCH3 is 1. The lowest BCUT2D eigenvalue weighted by Gasteiger charge is -2.39. The van der Waals surface area contributed by atoms with E-state index in [2.05, 4.69) is 10.3 Å². The first-order chi connectivity index (χ1) is 10.3. The first-order valence-electron chi connectivity index (χ1n) is 7.84. The third-order valence-electron chi connectivity index (χ3n) is 4.57. The van der Waals surface area contributed by atoms with E-state index in [1.807, 2.05) is 11.0 Å². The van der Waals surface area contributed by atoms with E-state index in [1.54, 1.807) is 19.4 Å². The molecule has 3 heterocycles. The summed E-state index contributed by atoms with van der Waals surface area (Å²) in [5, 5.41) is 3.55. The van der Waals surface area contributed by atoms with Gasteiger partial charge in [0.1, 0.15) is 5.56 Å². The van der Waals surface area contributed by atoms with Crippen LogP contribution in [-0.4, -0.2) is 48.1 Å². The lowest BCUT2D eigenvalue weighted by atomic mass is 9.94. The Bertz CT molecular complexity index is 500. The molecule has 1 aromatic heterocycles. The quantitative estimate of drug-likeness (QED) is 0.922. The Balaban J connectivity index is 1.83. The van der Waals surface area contributed by atoms with Gasteiger partial charge in [-0.2, -0.15) is 0 Å². The summed E-state index contributed by atoms with van der Waals surface area (Å²) in [6.45, 7) is 1.90. The second kappa shape index (κ2) is 6.43. The summed E-state index contributed by atoms with van der Waals surface area (Å²) in [5.41, 5.74) is 0.574. The van der Waals surface area contributed by atoms with Crippen LogP contribution in [0.5, 0.6) is 5.88 Å². The standard InChI is InChI=1S/C16H23N3O2/c1-21-15-12(6-4-10-18-15)16(20)19-11-3-2-8-14(19)13-7-5-9-17-13/h4,6,10,13-14,17H,2-3,5,7-9,11H2,1H3. The van der Waals surface area contributed by atoms with Crippen LogP contribution in [0.2, 0.25) is 0 Å². The van der Waals surface area contributed by atoms with Gasteiger partial charge >= 0.3 is 0 Å². The van der Waals surface area contributed by atoms with Crippen LogP contribution in [0.1, 0.15) is 42.5 Å². The minimum Gasteiger partial charge on any atom is -0.480 e. The van der Waals surface area contributed by atoms with Crippen LogP contribution in [-0.2, 0) is 0 Å². The highest BCUT2D eigenvalue weighted by molar-refractivity contribution is 5.96. The van der Waals surface area contributed by atoms with Gasteiger partial charge in [-0.05, 0) is 50.8 Å². The van der Waals surface area contributed by atoms with Gasteiger partial charge in [0.2, 0.25) is 5.88 Å². The first kappa shape index (κ1) is 14.3. The number of nitrogens with one attached hydrogen (secondary N) is 1. The number of carbonyl (C=O) groups is 1. The molecule has 2 aliphatic rings. The van der Waals surface area contributed by atoms with E-state index < -0.39 is 0 Å². The van der Waals surface area contributed by atoms with E-state index in [-0.39, 0.29) is 5.91 Å². The second-order valence-corrected chi connectivity index (χ2v) is 5.82. The van der Waals surface area contributed by atoms with Gasteiger partial charge in [0, 0.05) is 24.8 Å². The van der Waals surface area contributed by atoms with Gasteiger partial charge in [-0.15, -0.1) is 0 Å². The average Bonchev–Trinajstić information content (AvgIpc) is 3.08. The van der Waals surface area contributed by atoms with E-state index in [1.165, 1.54) is 19.3 Å². The van der Waals surface area contributed by atoms with E-state index >= 15 is 0 Å². The van der Waals surface area contributed by atoms with Gasteiger partial charge in [-0.3, -0.25) is 4.79 Å². The van der Waals surface area contributed by atoms with Gasteiger partial charge in [-0.1, -0.05) is 0 Å². The number of ether oxygens (including phenoxy) is 1. The molecule has 114 valence electrons. The third kappa shape index (κ3) is 2.88. The molecule has 2 fully saturated rings. The minimum atomic E-state index is 0.0540. The fourth-order valence-corrected chi connectivity index (χ4v) is 3.54. The van der Waals surface area contributed by atoms with Crippen LogP contribution in [0.4, 0.5) is 0 Å². The van der Waals surface area contributed by atoms with Gasteiger partial charge in [-0.25, -0.2) is 4.98 Å². The number of likely N-dealkylation sites (tertiary alicyclic amines) is 1. The predicted octanol–water partition coefficient (Wildman–Crippen LogP) is 1.84. The normalized spacial score (nSPS) is 25.9. The highest BCUT2D eigenvalue weighted by Gasteiger charge is 2.35. The molecule has 1 N–H and O–H groups in total. The number of pyridine rings is 1. The lowest BCUT2D eigenvalue weighted by Crippen LogP contribution is -2.52. The molecule has 0 radical (unpaired) electrons. The van der Waals surface area contributed by atoms with Crippen molar-refractivity contribution in [1.82, 2.24) is 15.2 Å². The number of piperidine rings is 1. The highest BCUT2D eigenvalue weighted by atomic mass is 16.5. The maximum atomic E-state index is 12.9. The Morgan fingerprint density at radius 2 is 2.29 bits per heavy atom. The molecule has 5 heteroatoms. The monoisotopic (exact) mass is 289 g/mol. The molecule has 0 saturated carbocycles. The van der Waals surface area contributed by atoms with Crippen molar-refractivity contribution in [1.29, 1.82) is 0 Å². The summed E-state index contributed by atoms with van der Waals surface area (Å²) in [6, 6.07) is 4.35. The molecule has 2 aliphatic heterocycles. The topological polar surface area (TPSA) is 54.5 Å². The summed E-state index contributed by atoms with van der Waals surface area (Å²) < 4.78 is 5.24. The van der Waals surface area contributed by atoms with Crippen LogP contribution in [0, 0.1) is 0 Å². The number of nitrogens with zero attached hydrogens (tertiary/aromatic N) is 2. The Labute approximate surface area is 125 Å². The predicted molar refractivity (Wildman–Crippen MR) is 80.5 cm³/mol. The number of carbonyl (C=O) groups excluding carboxylic acids is 1. The maximum Gasteiger partial charge on any atom is 0.259 e. The van der Waals surface area contributed by atoms with Crippen molar-refractivity contribution in [2.75, 3.05) is 20.2 Å². The molecule has 2 unspecified atom stereocenters. The first-order valence-corrected chi connectivity index (χ1v) is 7.84. The van der Waals surface area contributed by atoms with Gasteiger partial charge in [0.25, 0.3) is 5.91 Å². The summed E-state index contributed by atoms with van der Waals surface area (Å²) >= 11 is 0. The SMILES string of the molecule is COc1ncccc1C(=O)N1CCCCC1C1CCCN1. The van der Waals surface area contributed by atoms with Crippen LogP contribution < -0.4 is 10.1 Å². The molecular formula is C16H23N3O2. The largest absolute Gasteiger partial charge is 0.480 e. The minimum absolute atomic E-state index is 0.0540. The number of aromatic nitrogens is 1. The number of amides is 1. The molecule has 21 heavy (non-hydrogen) atoms. The Hall–Kier alpha value is -1.62. The summed E-state index contributed by atoms with van der Waals surface area (Å²) in [5.74, 6) is 0.476. The smallest absolute Gasteiger partial charge is 0.259 e. The number of hydrogen-bond donors (Lipinski definition) is 1. The Kier molecular flexibility index (Phi) is 4.39. The summed E-state index contributed by atoms with van der Waals surface area (Å²) in [7, 11) is 1.56. The van der Waals surface area contributed by atoms with Crippen LogP contribution in [0.25, 0.3) is 0 Å². The Morgan fingerprint density at radius 1 is 1.38 bits per heavy atom. The molecule has 0 aliphatic carbocycles. The molecule has 5 nitrogen and oxygen atoms in total. The van der Waals surface area contributed by atoms with E-state index in [9.17, 15) is 4.79 Å². The van der Waals surface area contributed by atoms with Crippen molar-refractivity contribution < 1.29 is 9.53 Å². The molecule has 0 bridgehead atoms. The molecule has 3 rings (SSSR count). The fourth-order valence-electron chi connectivity index (χ4n) is 3.54. The molecule has 2 atom stereocenters. The molecule has 2 saturated heterocycles. The van der Waals surface area contributed by atoms with Crippen molar-refractivity contribution in [2.24, 2.45) is 0 Å². The second-order valence-electron chi connectivity index (χ2n) is 5.82. The van der Waals surface area contributed by atoms with Crippen molar-refractivity contribution in [3.8, 4) is 5.88 Å². The molecule has 0 spiro atoms. The van der Waals surface area contributed by atoms with E-state index in [0.717, 1.165) is 25.9 Å². The Morgan fingerprint density at radius 3 is 3.05 bits per heavy atom. The van der Waals surface area contributed by atoms with E-state index in [4.69, 9.17) is 4.74 Å². The molecule has 0 aromatic carbocycles. The zero-order chi connectivity index (χ0) is 14.7. The average molecular weight is 289 g/mol. The van der Waals surface area contributed by atoms with Gasteiger partial charge in [0.15, 0.2) is 0 Å². The van der Waals surface area contributed by atoms with Crippen molar-refractivity contribution >= 4 is 5.91 Å². The molecule has 1 aromatic rings. The summed E-state index contributed by atoms with van der Waals surface area (Å²) in [4.78, 5) is 19.1. The zero-order valence-corrected chi connectivity index (χ0v) is 12.5. The number of hydrogen-bond acceptors (Lipinski definition) is 4. The molecule has 1 amide bonds. The molecular weight excluding hydrogens is 266 g/mol. The third-order valence-corrected chi connectivity index (χ3v) is 4.57. The van der Waals surface area contributed by atoms with Crippen LogP contribution >= 0.6 is 0 Å². The highest BCUT2D eigenvalue weighted by Crippen LogP contribution is 2.27. The van der Waals surface area contributed by atoms with Crippen molar-refractivity contribution in [2.45, 2.75) is 44.2 Å². The zero-order valence-electron chi connectivity index (χ0n) is 12.5. The van der Waals surface area contributed by atoms with E-state index in [0.29, 0.717) is 23.5 Å². The van der Waals surface area contributed by atoms with Gasteiger partial charge in [0.05, 0.1) is 7.11 Å².